The first kappa shape index (κ1) is 23.5. The second kappa shape index (κ2) is 9.89. The lowest BCUT2D eigenvalue weighted by Crippen LogP contribution is -2.41. The highest BCUT2D eigenvalue weighted by Crippen LogP contribution is 2.28. The Morgan fingerprint density at radius 3 is 2.70 bits per heavy atom. The summed E-state index contributed by atoms with van der Waals surface area (Å²) < 4.78 is 9.31. The summed E-state index contributed by atoms with van der Waals surface area (Å²) in [5.74, 6) is 1.99. The number of rotatable bonds is 6. The molecule has 0 unspecified atom stereocenters. The van der Waals surface area contributed by atoms with Gasteiger partial charge in [0, 0.05) is 56.2 Å². The third kappa shape index (κ3) is 4.91. The molecule has 11 heteroatoms. The average Bonchev–Trinajstić information content (AvgIpc) is 3.45. The molecule has 5 heterocycles. The first-order valence-corrected chi connectivity index (χ1v) is 12.9. The molecule has 4 aromatic rings. The minimum absolute atomic E-state index is 0.198. The highest BCUT2D eigenvalue weighted by Gasteiger charge is 2.23. The van der Waals surface area contributed by atoms with Crippen LogP contribution in [0.4, 0.5) is 22.2 Å². The highest BCUT2D eigenvalue weighted by molar-refractivity contribution is 5.92. The van der Waals surface area contributed by atoms with Crippen LogP contribution in [0.15, 0.2) is 36.4 Å². The van der Waals surface area contributed by atoms with Crippen LogP contribution >= 0.6 is 0 Å². The Hall–Kier alpha value is -3.86. The molecule has 37 heavy (non-hydrogen) atoms. The van der Waals surface area contributed by atoms with Crippen molar-refractivity contribution in [3.63, 3.8) is 0 Å². The monoisotopic (exact) mass is 504 g/mol. The molecule has 2 fully saturated rings. The molecule has 2 saturated heterocycles. The van der Waals surface area contributed by atoms with E-state index in [4.69, 9.17) is 19.9 Å². The van der Waals surface area contributed by atoms with E-state index in [0.29, 0.717) is 25.0 Å². The van der Waals surface area contributed by atoms with E-state index in [0.717, 1.165) is 79.1 Å². The third-order valence-electron chi connectivity index (χ3n) is 7.49. The maximum atomic E-state index is 11.2. The molecule has 2 aliphatic rings. The van der Waals surface area contributed by atoms with Gasteiger partial charge in [-0.15, -0.1) is 5.10 Å². The fourth-order valence-corrected chi connectivity index (χ4v) is 5.39. The fraction of sp³-hybridized carbons (Fsp3) is 0.462. The van der Waals surface area contributed by atoms with Gasteiger partial charge < -0.3 is 25.4 Å². The van der Waals surface area contributed by atoms with Crippen molar-refractivity contribution in [3.05, 3.63) is 42.1 Å². The van der Waals surface area contributed by atoms with E-state index in [1.807, 2.05) is 40.5 Å². The number of aromatic nitrogens is 5. The molecule has 0 spiro atoms. The number of carbonyl (C=O) groups is 1. The molecule has 0 aliphatic carbocycles. The van der Waals surface area contributed by atoms with Crippen LogP contribution < -0.4 is 10.6 Å². The van der Waals surface area contributed by atoms with Crippen LogP contribution in [-0.4, -0.2) is 72.8 Å². The molecule has 1 aromatic carbocycles. The lowest BCUT2D eigenvalue weighted by molar-refractivity contribution is 0.0661. The average molecular weight is 505 g/mol. The predicted molar refractivity (Wildman–Crippen MR) is 140 cm³/mol. The van der Waals surface area contributed by atoms with Crippen LogP contribution in [0.1, 0.15) is 31.4 Å². The molecular weight excluding hydrogens is 472 g/mol. The molecule has 11 nitrogen and oxygen atoms in total. The number of carboxylic acid groups (broad SMARTS) is 1. The Bertz CT molecular complexity index is 1420. The van der Waals surface area contributed by atoms with Crippen molar-refractivity contribution in [1.29, 1.82) is 0 Å². The molecule has 194 valence electrons. The number of ether oxygens (including phenoxy) is 1. The number of likely N-dealkylation sites (tertiary alicyclic amines) is 1. The summed E-state index contributed by atoms with van der Waals surface area (Å²) in [6.07, 6.45) is 3.81. The van der Waals surface area contributed by atoms with E-state index in [1.54, 1.807) is 0 Å². The number of nitrogens with zero attached hydrogens (tertiary/aromatic N) is 6. The van der Waals surface area contributed by atoms with E-state index >= 15 is 0 Å². The van der Waals surface area contributed by atoms with Crippen LogP contribution in [0.5, 0.6) is 0 Å². The topological polar surface area (TPSA) is 122 Å². The number of fused-ring (bicyclic) bond motifs is 2. The van der Waals surface area contributed by atoms with Gasteiger partial charge in [0.1, 0.15) is 0 Å². The van der Waals surface area contributed by atoms with Gasteiger partial charge in [0.15, 0.2) is 11.5 Å². The smallest absolute Gasteiger partial charge is 0.407 e. The van der Waals surface area contributed by atoms with Crippen molar-refractivity contribution in [2.75, 3.05) is 36.9 Å². The number of nitrogens with one attached hydrogen (secondary N) is 2. The van der Waals surface area contributed by atoms with E-state index < -0.39 is 6.09 Å². The number of pyridine rings is 1. The van der Waals surface area contributed by atoms with Crippen LogP contribution in [-0.2, 0) is 18.2 Å². The Labute approximate surface area is 214 Å². The summed E-state index contributed by atoms with van der Waals surface area (Å²) in [6.45, 7) is 2.74. The lowest BCUT2D eigenvalue weighted by Gasteiger charge is -2.30. The summed E-state index contributed by atoms with van der Waals surface area (Å²) >= 11 is 0. The van der Waals surface area contributed by atoms with Crippen molar-refractivity contribution in [3.8, 4) is 0 Å². The largest absolute Gasteiger partial charge is 0.465 e. The van der Waals surface area contributed by atoms with E-state index in [-0.39, 0.29) is 6.04 Å². The van der Waals surface area contributed by atoms with Crippen LogP contribution in [0, 0.1) is 5.92 Å². The standard InChI is InChI=1S/C26H32N8O3/c1-32-22-16-19(5-6-21(22)24(30-32)27-18-7-11-33(12-8-18)26(35)36)28-25-29-23-4-2-3-20(34(23)31-25)15-17-9-13-37-14-10-17/h2-6,16-18H,7-15H2,1H3,(H,27,30)(H,28,31)(H,35,36). The quantitative estimate of drug-likeness (QED) is 0.362. The molecule has 0 radical (unpaired) electrons. The van der Waals surface area contributed by atoms with Gasteiger partial charge in [0.05, 0.1) is 5.52 Å². The number of anilines is 3. The first-order chi connectivity index (χ1) is 18.0. The molecule has 3 N–H and O–H groups in total. The second-order valence-corrected chi connectivity index (χ2v) is 10.00. The van der Waals surface area contributed by atoms with Crippen molar-refractivity contribution in [1.82, 2.24) is 29.3 Å². The van der Waals surface area contributed by atoms with Gasteiger partial charge in [0.2, 0.25) is 5.95 Å². The maximum Gasteiger partial charge on any atom is 0.407 e. The zero-order chi connectivity index (χ0) is 25.4. The summed E-state index contributed by atoms with van der Waals surface area (Å²) in [5.41, 5.74) is 3.86. The van der Waals surface area contributed by atoms with Gasteiger partial charge >= 0.3 is 6.09 Å². The summed E-state index contributed by atoms with van der Waals surface area (Å²) in [6, 6.07) is 12.5. The molecule has 6 rings (SSSR count). The molecule has 0 bridgehead atoms. The Morgan fingerprint density at radius 2 is 1.92 bits per heavy atom. The maximum absolute atomic E-state index is 11.2. The van der Waals surface area contributed by atoms with Gasteiger partial charge in [-0.25, -0.2) is 9.31 Å². The number of aryl methyl sites for hydroxylation is 1. The Balaban J connectivity index is 1.18. The van der Waals surface area contributed by atoms with E-state index in [9.17, 15) is 9.90 Å². The van der Waals surface area contributed by atoms with Crippen LogP contribution in [0.2, 0.25) is 0 Å². The number of piperidine rings is 1. The predicted octanol–water partition coefficient (Wildman–Crippen LogP) is 3.88. The zero-order valence-electron chi connectivity index (χ0n) is 20.9. The van der Waals surface area contributed by atoms with Gasteiger partial charge in [0.25, 0.3) is 0 Å². The molecule has 0 atom stereocenters. The van der Waals surface area contributed by atoms with Crippen molar-refractivity contribution < 1.29 is 14.6 Å². The van der Waals surface area contributed by atoms with Crippen molar-refractivity contribution in [2.24, 2.45) is 13.0 Å². The van der Waals surface area contributed by atoms with Gasteiger partial charge in [-0.3, -0.25) is 4.68 Å². The summed E-state index contributed by atoms with van der Waals surface area (Å²) in [4.78, 5) is 17.3. The van der Waals surface area contributed by atoms with E-state index in [2.05, 4.69) is 22.8 Å². The summed E-state index contributed by atoms with van der Waals surface area (Å²) in [7, 11) is 1.93. The van der Waals surface area contributed by atoms with Gasteiger partial charge in [-0.05, 0) is 68.4 Å². The molecule has 1 amide bonds. The highest BCUT2D eigenvalue weighted by atomic mass is 16.5. The minimum Gasteiger partial charge on any atom is -0.465 e. The summed E-state index contributed by atoms with van der Waals surface area (Å²) in [5, 5.41) is 26.5. The second-order valence-electron chi connectivity index (χ2n) is 10.00. The molecule has 2 aliphatic heterocycles. The van der Waals surface area contributed by atoms with E-state index in [1.165, 1.54) is 4.90 Å². The molecule has 0 saturated carbocycles. The Morgan fingerprint density at radius 1 is 1.11 bits per heavy atom. The van der Waals surface area contributed by atoms with Gasteiger partial charge in [-0.1, -0.05) is 6.07 Å². The van der Waals surface area contributed by atoms with Gasteiger partial charge in [-0.2, -0.15) is 10.1 Å². The number of amides is 1. The molecule has 3 aromatic heterocycles. The number of hydrogen-bond donors (Lipinski definition) is 3. The molecular formula is C26H32N8O3. The van der Waals surface area contributed by atoms with Crippen LogP contribution in [0.25, 0.3) is 16.6 Å². The van der Waals surface area contributed by atoms with Crippen molar-refractivity contribution >= 4 is 40.1 Å². The first-order valence-electron chi connectivity index (χ1n) is 12.9. The zero-order valence-corrected chi connectivity index (χ0v) is 20.9. The third-order valence-corrected chi connectivity index (χ3v) is 7.49. The number of benzene rings is 1. The van der Waals surface area contributed by atoms with Crippen LogP contribution in [0.3, 0.4) is 0 Å². The Kier molecular flexibility index (Phi) is 6.29. The van der Waals surface area contributed by atoms with Crippen molar-refractivity contribution in [2.45, 2.75) is 38.1 Å². The lowest BCUT2D eigenvalue weighted by atomic mass is 9.95. The number of hydrogen-bond acceptors (Lipinski definition) is 7. The normalized spacial score (nSPS) is 17.5. The fourth-order valence-electron chi connectivity index (χ4n) is 5.39. The minimum atomic E-state index is -0.850. The SMILES string of the molecule is Cn1nc(NC2CCN(C(=O)O)CC2)c2ccc(Nc3nc4cccc(CC5CCOCC5)n4n3)cc21.